The molecule has 4 saturated carbocycles. The number of hydrogen-bond acceptors (Lipinski definition) is 2. The van der Waals surface area contributed by atoms with E-state index < -0.39 is 0 Å². The molecule has 8 atom stereocenters. The highest BCUT2D eigenvalue weighted by atomic mass is 16.1. The first-order chi connectivity index (χ1) is 13.9. The van der Waals surface area contributed by atoms with Gasteiger partial charge in [0.15, 0.2) is 0 Å². The summed E-state index contributed by atoms with van der Waals surface area (Å²) in [6, 6.07) is 0. The molecule has 0 aromatic heterocycles. The van der Waals surface area contributed by atoms with Crippen LogP contribution in [0, 0.1) is 46.3 Å². The van der Waals surface area contributed by atoms with Crippen LogP contribution in [-0.4, -0.2) is 19.0 Å². The van der Waals surface area contributed by atoms with Gasteiger partial charge in [0.2, 0.25) is 5.91 Å². The van der Waals surface area contributed by atoms with Gasteiger partial charge in [0.05, 0.1) is 0 Å². The molecule has 3 N–H and O–H groups in total. The second kappa shape index (κ2) is 8.52. The molecule has 0 radical (unpaired) electrons. The normalized spacial score (nSPS) is 45.0. The lowest BCUT2D eigenvalue weighted by Crippen LogP contribution is -2.53. The minimum absolute atomic E-state index is 0.189. The maximum atomic E-state index is 12.1. The Morgan fingerprint density at radius 3 is 2.59 bits per heavy atom. The molecule has 0 saturated heterocycles. The Kier molecular flexibility index (Phi) is 6.36. The lowest BCUT2D eigenvalue weighted by Gasteiger charge is -2.61. The van der Waals surface area contributed by atoms with Crippen LogP contribution < -0.4 is 11.1 Å². The number of amides is 1. The van der Waals surface area contributed by atoms with Crippen molar-refractivity contribution in [2.45, 2.75) is 97.8 Å². The molecule has 29 heavy (non-hydrogen) atoms. The summed E-state index contributed by atoms with van der Waals surface area (Å²) in [5.41, 5.74) is 6.68. The Hall–Kier alpha value is -0.570. The summed E-state index contributed by atoms with van der Waals surface area (Å²) in [6.07, 6.45) is 16.5. The zero-order chi connectivity index (χ0) is 20.6. The molecule has 0 heterocycles. The lowest BCUT2D eigenvalue weighted by molar-refractivity contribution is -0.122. The smallest absolute Gasteiger partial charge is 0.220 e. The van der Waals surface area contributed by atoms with Crippen molar-refractivity contribution in [1.82, 2.24) is 5.32 Å². The van der Waals surface area contributed by atoms with Gasteiger partial charge in [-0.2, -0.15) is 0 Å². The van der Waals surface area contributed by atoms with Crippen LogP contribution in [0.1, 0.15) is 97.8 Å². The van der Waals surface area contributed by atoms with Gasteiger partial charge in [0.1, 0.15) is 0 Å². The summed E-state index contributed by atoms with van der Waals surface area (Å²) < 4.78 is 0. The van der Waals surface area contributed by atoms with Gasteiger partial charge in [-0.1, -0.05) is 33.6 Å². The van der Waals surface area contributed by atoms with Crippen molar-refractivity contribution < 1.29 is 4.79 Å². The molecule has 0 aliphatic heterocycles. The van der Waals surface area contributed by atoms with E-state index in [4.69, 9.17) is 5.73 Å². The first kappa shape index (κ1) is 21.7. The molecule has 3 heteroatoms. The lowest BCUT2D eigenvalue weighted by atomic mass is 9.44. The third-order valence-electron chi connectivity index (χ3n) is 10.6. The number of carbonyl (C=O) groups is 1. The molecule has 4 aliphatic rings. The Morgan fingerprint density at radius 1 is 1.00 bits per heavy atom. The van der Waals surface area contributed by atoms with E-state index in [1.54, 1.807) is 0 Å². The van der Waals surface area contributed by atoms with Gasteiger partial charge in [-0.25, -0.2) is 0 Å². The fourth-order valence-corrected chi connectivity index (χ4v) is 9.13. The number of nitrogens with two attached hydrogens (primary N) is 1. The van der Waals surface area contributed by atoms with Crippen molar-refractivity contribution in [3.05, 3.63) is 0 Å². The molecule has 0 bridgehead atoms. The number of hydrogen-bond donors (Lipinski definition) is 2. The number of nitrogens with one attached hydrogen (secondary N) is 1. The van der Waals surface area contributed by atoms with Gasteiger partial charge in [-0.05, 0) is 104 Å². The fraction of sp³-hybridized carbons (Fsp3) is 0.962. The van der Waals surface area contributed by atoms with E-state index in [9.17, 15) is 4.79 Å². The molecule has 166 valence electrons. The number of rotatable bonds is 6. The van der Waals surface area contributed by atoms with Crippen molar-refractivity contribution in [1.29, 1.82) is 0 Å². The first-order valence-electron chi connectivity index (χ1n) is 12.9. The highest BCUT2D eigenvalue weighted by molar-refractivity contribution is 5.75. The molecular formula is C26H46N2O. The largest absolute Gasteiger partial charge is 0.355 e. The highest BCUT2D eigenvalue weighted by Crippen LogP contribution is 2.68. The van der Waals surface area contributed by atoms with Gasteiger partial charge in [0, 0.05) is 19.5 Å². The number of fused-ring (bicyclic) bond motifs is 5. The van der Waals surface area contributed by atoms with Crippen molar-refractivity contribution in [3.8, 4) is 0 Å². The molecule has 1 amide bonds. The zero-order valence-electron chi connectivity index (χ0n) is 19.3. The van der Waals surface area contributed by atoms with Crippen LogP contribution in [0.25, 0.3) is 0 Å². The third kappa shape index (κ3) is 3.79. The minimum atomic E-state index is 0.189. The second-order valence-electron chi connectivity index (χ2n) is 11.8. The van der Waals surface area contributed by atoms with E-state index in [0.29, 0.717) is 36.3 Å². The maximum absolute atomic E-state index is 12.1. The molecule has 3 nitrogen and oxygen atoms in total. The van der Waals surface area contributed by atoms with Gasteiger partial charge < -0.3 is 11.1 Å². The fourth-order valence-electron chi connectivity index (χ4n) is 9.13. The monoisotopic (exact) mass is 402 g/mol. The van der Waals surface area contributed by atoms with E-state index in [1.165, 1.54) is 64.2 Å². The molecule has 4 rings (SSSR count). The molecule has 0 aromatic rings. The molecule has 0 aromatic carbocycles. The summed E-state index contributed by atoms with van der Waals surface area (Å²) in [4.78, 5) is 12.1. The Morgan fingerprint density at radius 2 is 1.79 bits per heavy atom. The first-order valence-corrected chi connectivity index (χ1v) is 12.9. The standard InChI is InChI=1S/C26H46N2O/c1-18(7-12-24(29)28-17-16-27)21-10-11-22-20-9-8-19-6-4-5-14-25(19,2)23(20)13-15-26(21,22)3/h18-23H,4-17,27H2,1-3H3,(H,28,29)/t18-,19+,20+,21-,22+,23+,25+,26-/m1/s1. The van der Waals surface area contributed by atoms with Gasteiger partial charge in [-0.15, -0.1) is 0 Å². The Bertz CT molecular complexity index is 591. The predicted octanol–water partition coefficient (Wildman–Crippen LogP) is 5.53. The van der Waals surface area contributed by atoms with E-state index in [2.05, 4.69) is 26.1 Å². The van der Waals surface area contributed by atoms with Crippen molar-refractivity contribution in [2.24, 2.45) is 52.1 Å². The average molecular weight is 403 g/mol. The van der Waals surface area contributed by atoms with E-state index in [0.717, 1.165) is 36.0 Å². The van der Waals surface area contributed by atoms with Crippen LogP contribution >= 0.6 is 0 Å². The van der Waals surface area contributed by atoms with Crippen LogP contribution in [0.2, 0.25) is 0 Å². The van der Waals surface area contributed by atoms with Gasteiger partial charge >= 0.3 is 0 Å². The average Bonchev–Trinajstić information content (AvgIpc) is 3.07. The second-order valence-corrected chi connectivity index (χ2v) is 11.8. The van der Waals surface area contributed by atoms with E-state index in [1.807, 2.05) is 0 Å². The summed E-state index contributed by atoms with van der Waals surface area (Å²) in [6.45, 7) is 8.91. The summed E-state index contributed by atoms with van der Waals surface area (Å²) in [5.74, 6) is 5.60. The van der Waals surface area contributed by atoms with E-state index >= 15 is 0 Å². The van der Waals surface area contributed by atoms with Crippen LogP contribution in [0.5, 0.6) is 0 Å². The van der Waals surface area contributed by atoms with Crippen molar-refractivity contribution in [2.75, 3.05) is 13.1 Å². The minimum Gasteiger partial charge on any atom is -0.355 e. The summed E-state index contributed by atoms with van der Waals surface area (Å²) >= 11 is 0. The topological polar surface area (TPSA) is 55.1 Å². The van der Waals surface area contributed by atoms with Crippen molar-refractivity contribution >= 4 is 5.91 Å². The molecule has 0 unspecified atom stereocenters. The zero-order valence-corrected chi connectivity index (χ0v) is 19.3. The van der Waals surface area contributed by atoms with Gasteiger partial charge in [0.25, 0.3) is 0 Å². The van der Waals surface area contributed by atoms with Crippen LogP contribution in [0.3, 0.4) is 0 Å². The number of carbonyl (C=O) groups excluding carboxylic acids is 1. The summed E-state index contributed by atoms with van der Waals surface area (Å²) in [5, 5.41) is 2.95. The SMILES string of the molecule is C[C@H](CCC(=O)NCCN)[C@H]1CC[C@H]2[C@@H]3CC[C@@H]4CCCC[C@]4(C)[C@H]3CC[C@]12C. The summed E-state index contributed by atoms with van der Waals surface area (Å²) in [7, 11) is 0. The maximum Gasteiger partial charge on any atom is 0.220 e. The van der Waals surface area contributed by atoms with E-state index in [-0.39, 0.29) is 5.91 Å². The molecule has 4 fully saturated rings. The Balaban J connectivity index is 1.42. The molecule has 4 aliphatic carbocycles. The highest BCUT2D eigenvalue weighted by Gasteiger charge is 2.60. The van der Waals surface area contributed by atoms with Crippen LogP contribution in [0.15, 0.2) is 0 Å². The predicted molar refractivity (Wildman–Crippen MR) is 120 cm³/mol. The Labute approximate surface area is 179 Å². The van der Waals surface area contributed by atoms with Crippen molar-refractivity contribution in [3.63, 3.8) is 0 Å². The van der Waals surface area contributed by atoms with Gasteiger partial charge in [-0.3, -0.25) is 4.79 Å². The van der Waals surface area contributed by atoms with Crippen LogP contribution in [-0.2, 0) is 4.79 Å². The van der Waals surface area contributed by atoms with Crippen LogP contribution in [0.4, 0.5) is 0 Å². The molecular weight excluding hydrogens is 356 g/mol. The molecule has 0 spiro atoms. The third-order valence-corrected chi connectivity index (χ3v) is 10.6. The quantitative estimate of drug-likeness (QED) is 0.614.